The molecular weight excluding hydrogens is 275 g/mol. The first-order valence-corrected chi connectivity index (χ1v) is 5.22. The average molecular weight is 284 g/mol. The smallest absolute Gasteiger partial charge is 0.395 e. The third-order valence-electron chi connectivity index (χ3n) is 2.11. The Morgan fingerprint density at radius 2 is 2.06 bits per heavy atom. The average Bonchev–Trinajstić information content (AvgIpc) is 2.72. The molecule has 0 bridgehead atoms. The summed E-state index contributed by atoms with van der Waals surface area (Å²) in [5, 5.41) is 5.18. The second kappa shape index (κ2) is 4.58. The van der Waals surface area contributed by atoms with Crippen molar-refractivity contribution in [2.24, 2.45) is 7.05 Å². The minimum absolute atomic E-state index is 0. The van der Waals surface area contributed by atoms with Gasteiger partial charge < -0.3 is 5.73 Å². The fourth-order valence-corrected chi connectivity index (χ4v) is 2.27. The first kappa shape index (κ1) is 13.9. The summed E-state index contributed by atoms with van der Waals surface area (Å²) in [6.45, 7) is 0. The monoisotopic (exact) mass is 283 g/mol. The van der Waals surface area contributed by atoms with E-state index in [1.165, 1.54) is 18.4 Å². The first-order chi connectivity index (χ1) is 7.41. The molecule has 2 aromatic rings. The summed E-state index contributed by atoms with van der Waals surface area (Å²) in [5.74, 6) is 0. The van der Waals surface area contributed by atoms with Crippen LogP contribution in [0.2, 0.25) is 0 Å². The van der Waals surface area contributed by atoms with Gasteiger partial charge in [-0.25, -0.2) is 0 Å². The molecule has 3 nitrogen and oxygen atoms in total. The number of aromatic nitrogens is 2. The molecule has 0 radical (unpaired) electrons. The van der Waals surface area contributed by atoms with E-state index in [1.807, 2.05) is 0 Å². The molecule has 2 heterocycles. The molecule has 2 N–H and O–H groups in total. The summed E-state index contributed by atoms with van der Waals surface area (Å²) >= 11 is 1.32. The third-order valence-corrected chi connectivity index (χ3v) is 2.98. The van der Waals surface area contributed by atoms with E-state index in [1.54, 1.807) is 17.5 Å². The predicted octanol–water partition coefficient (Wildman–Crippen LogP) is 3.17. The van der Waals surface area contributed by atoms with Gasteiger partial charge in [0.2, 0.25) is 0 Å². The van der Waals surface area contributed by atoms with Crippen LogP contribution in [0.1, 0.15) is 5.69 Å². The Hall–Kier alpha value is -1.21. The lowest BCUT2D eigenvalue weighted by molar-refractivity contribution is -0.140. The van der Waals surface area contributed by atoms with Gasteiger partial charge in [-0.2, -0.15) is 18.3 Å². The highest BCUT2D eigenvalue weighted by atomic mass is 35.5. The van der Waals surface area contributed by atoms with Gasteiger partial charge in [-0.15, -0.1) is 23.7 Å². The molecule has 0 saturated carbocycles. The van der Waals surface area contributed by atoms with Gasteiger partial charge in [0, 0.05) is 7.05 Å². The highest BCUT2D eigenvalue weighted by molar-refractivity contribution is 7.13. The zero-order valence-electron chi connectivity index (χ0n) is 8.65. The van der Waals surface area contributed by atoms with Crippen molar-refractivity contribution in [2.45, 2.75) is 6.18 Å². The minimum Gasteiger partial charge on any atom is -0.395 e. The van der Waals surface area contributed by atoms with Crippen molar-refractivity contribution in [3.05, 3.63) is 23.2 Å². The van der Waals surface area contributed by atoms with E-state index in [0.717, 1.165) is 4.68 Å². The number of nitrogen functional groups attached to an aromatic ring is 1. The van der Waals surface area contributed by atoms with E-state index >= 15 is 0 Å². The molecule has 0 aliphatic carbocycles. The fourth-order valence-electron chi connectivity index (χ4n) is 1.46. The number of rotatable bonds is 1. The van der Waals surface area contributed by atoms with Crippen molar-refractivity contribution >= 4 is 29.4 Å². The van der Waals surface area contributed by atoms with E-state index in [9.17, 15) is 13.2 Å². The Bertz CT molecular complexity index is 504. The van der Waals surface area contributed by atoms with Gasteiger partial charge >= 0.3 is 6.18 Å². The number of anilines is 1. The minimum atomic E-state index is -4.52. The maximum atomic E-state index is 12.5. The lowest BCUT2D eigenvalue weighted by atomic mass is 10.2. The number of thiophene rings is 1. The normalized spacial score (nSPS) is 11.3. The van der Waals surface area contributed by atoms with Crippen LogP contribution in [0.15, 0.2) is 17.5 Å². The van der Waals surface area contributed by atoms with Crippen LogP contribution in [0.5, 0.6) is 0 Å². The molecule has 0 unspecified atom stereocenters. The Kier molecular flexibility index (Phi) is 3.73. The van der Waals surface area contributed by atoms with Crippen LogP contribution < -0.4 is 5.73 Å². The predicted molar refractivity (Wildman–Crippen MR) is 63.2 cm³/mol. The molecule has 0 aliphatic heterocycles. The van der Waals surface area contributed by atoms with Crippen LogP contribution in [-0.4, -0.2) is 9.78 Å². The summed E-state index contributed by atoms with van der Waals surface area (Å²) in [4.78, 5) is 0.669. The fraction of sp³-hybridized carbons (Fsp3) is 0.222. The molecule has 2 aromatic heterocycles. The van der Waals surface area contributed by atoms with Crippen molar-refractivity contribution in [2.75, 3.05) is 5.73 Å². The van der Waals surface area contributed by atoms with Gasteiger partial charge in [0.1, 0.15) is 5.69 Å². The number of halogens is 4. The number of nitrogens with two attached hydrogens (primary N) is 1. The Balaban J connectivity index is 0.00000144. The summed E-state index contributed by atoms with van der Waals surface area (Å²) in [6, 6.07) is 3.46. The van der Waals surface area contributed by atoms with Crippen LogP contribution in [0.3, 0.4) is 0 Å². The Morgan fingerprint density at radius 3 is 2.47 bits per heavy atom. The molecule has 0 aliphatic rings. The lowest BCUT2D eigenvalue weighted by Crippen LogP contribution is -2.09. The van der Waals surface area contributed by atoms with Gasteiger partial charge in [0.05, 0.1) is 10.6 Å². The number of hydrogen-bond acceptors (Lipinski definition) is 3. The number of hydrogen-bond donors (Lipinski definition) is 1. The molecule has 0 aromatic carbocycles. The largest absolute Gasteiger partial charge is 0.437 e. The maximum Gasteiger partial charge on any atom is 0.437 e. The van der Waals surface area contributed by atoms with Gasteiger partial charge in [-0.05, 0) is 11.4 Å². The number of nitrogens with zero attached hydrogens (tertiary/aromatic N) is 2. The van der Waals surface area contributed by atoms with E-state index < -0.39 is 11.9 Å². The topological polar surface area (TPSA) is 43.8 Å². The van der Waals surface area contributed by atoms with Gasteiger partial charge in [0.25, 0.3) is 0 Å². The summed E-state index contributed by atoms with van der Waals surface area (Å²) in [7, 11) is 1.45. The first-order valence-electron chi connectivity index (χ1n) is 4.35. The third kappa shape index (κ3) is 2.39. The zero-order valence-corrected chi connectivity index (χ0v) is 10.3. The summed E-state index contributed by atoms with van der Waals surface area (Å²) < 4.78 is 38.8. The van der Waals surface area contributed by atoms with Crippen molar-refractivity contribution in [1.82, 2.24) is 9.78 Å². The SMILES string of the molecule is Cl.Cn1nc(C(F)(F)F)c(N)c1-c1cccs1. The van der Waals surface area contributed by atoms with Gasteiger partial charge in [-0.1, -0.05) is 6.07 Å². The molecule has 0 spiro atoms. The van der Waals surface area contributed by atoms with E-state index in [2.05, 4.69) is 5.10 Å². The van der Waals surface area contributed by atoms with Gasteiger partial charge in [0.15, 0.2) is 5.69 Å². The van der Waals surface area contributed by atoms with Gasteiger partial charge in [-0.3, -0.25) is 4.68 Å². The summed E-state index contributed by atoms with van der Waals surface area (Å²) in [6.07, 6.45) is -4.52. The second-order valence-corrected chi connectivity index (χ2v) is 4.16. The number of alkyl halides is 3. The van der Waals surface area contributed by atoms with E-state index in [0.29, 0.717) is 10.6 Å². The van der Waals surface area contributed by atoms with Crippen LogP contribution >= 0.6 is 23.7 Å². The second-order valence-electron chi connectivity index (χ2n) is 3.21. The van der Waals surface area contributed by atoms with E-state index in [-0.39, 0.29) is 18.1 Å². The maximum absolute atomic E-state index is 12.5. The Morgan fingerprint density at radius 1 is 1.41 bits per heavy atom. The lowest BCUT2D eigenvalue weighted by Gasteiger charge is -2.02. The van der Waals surface area contributed by atoms with Crippen molar-refractivity contribution in [3.63, 3.8) is 0 Å². The number of aryl methyl sites for hydroxylation is 1. The molecule has 2 rings (SSSR count). The standard InChI is InChI=1S/C9H8F3N3S.ClH/c1-15-7(5-3-2-4-16-5)6(13)8(14-15)9(10,11)12;/h2-4H,13H2,1H3;1H. The van der Waals surface area contributed by atoms with Crippen molar-refractivity contribution in [3.8, 4) is 10.6 Å². The quantitative estimate of drug-likeness (QED) is 0.873. The molecule has 17 heavy (non-hydrogen) atoms. The van der Waals surface area contributed by atoms with Crippen LogP contribution in [0.4, 0.5) is 18.9 Å². The molecule has 8 heteroatoms. The van der Waals surface area contributed by atoms with Crippen molar-refractivity contribution < 1.29 is 13.2 Å². The Labute approximate surface area is 105 Å². The zero-order chi connectivity index (χ0) is 11.9. The molecule has 0 atom stereocenters. The highest BCUT2D eigenvalue weighted by Gasteiger charge is 2.38. The van der Waals surface area contributed by atoms with Crippen LogP contribution in [-0.2, 0) is 13.2 Å². The molecule has 0 fully saturated rings. The van der Waals surface area contributed by atoms with E-state index in [4.69, 9.17) is 5.73 Å². The molecule has 0 amide bonds. The molecule has 94 valence electrons. The van der Waals surface area contributed by atoms with Crippen molar-refractivity contribution in [1.29, 1.82) is 0 Å². The highest BCUT2D eigenvalue weighted by Crippen LogP contribution is 2.38. The van der Waals surface area contributed by atoms with Crippen LogP contribution in [0.25, 0.3) is 10.6 Å². The van der Waals surface area contributed by atoms with Crippen LogP contribution in [0, 0.1) is 0 Å². The molecule has 0 saturated heterocycles. The molecular formula is C9H9ClF3N3S. The summed E-state index contributed by atoms with van der Waals surface area (Å²) in [5.41, 5.74) is 4.44.